The van der Waals surface area contributed by atoms with E-state index in [2.05, 4.69) is 17.0 Å². The van der Waals surface area contributed by atoms with Gasteiger partial charge in [-0.25, -0.2) is 13.1 Å². The Balaban J connectivity index is 1.95. The van der Waals surface area contributed by atoms with Gasteiger partial charge in [-0.3, -0.25) is 0 Å². The predicted molar refractivity (Wildman–Crippen MR) is 76.3 cm³/mol. The first-order chi connectivity index (χ1) is 9.03. The SMILES string of the molecule is CCNCc1ccc(S(=O)(=O)NCC2CC2C)cc1. The van der Waals surface area contributed by atoms with Crippen LogP contribution in [-0.4, -0.2) is 21.5 Å². The average molecular weight is 282 g/mol. The maximum absolute atomic E-state index is 12.1. The molecule has 0 spiro atoms. The van der Waals surface area contributed by atoms with Gasteiger partial charge in [0.05, 0.1) is 4.90 Å². The van der Waals surface area contributed by atoms with Gasteiger partial charge in [0, 0.05) is 13.1 Å². The molecule has 1 aliphatic rings. The molecule has 19 heavy (non-hydrogen) atoms. The third-order valence-electron chi connectivity index (χ3n) is 3.62. The van der Waals surface area contributed by atoms with E-state index in [-0.39, 0.29) is 0 Å². The van der Waals surface area contributed by atoms with Gasteiger partial charge in [0.15, 0.2) is 0 Å². The molecule has 106 valence electrons. The van der Waals surface area contributed by atoms with Crippen molar-refractivity contribution in [1.82, 2.24) is 10.0 Å². The molecule has 2 unspecified atom stereocenters. The summed E-state index contributed by atoms with van der Waals surface area (Å²) in [6.45, 7) is 6.42. The number of hydrogen-bond acceptors (Lipinski definition) is 3. The van der Waals surface area contributed by atoms with Crippen molar-refractivity contribution in [1.29, 1.82) is 0 Å². The predicted octanol–water partition coefficient (Wildman–Crippen LogP) is 1.73. The van der Waals surface area contributed by atoms with Crippen LogP contribution in [0.5, 0.6) is 0 Å². The van der Waals surface area contributed by atoms with Gasteiger partial charge >= 0.3 is 0 Å². The Morgan fingerprint density at radius 3 is 2.42 bits per heavy atom. The van der Waals surface area contributed by atoms with Crippen molar-refractivity contribution >= 4 is 10.0 Å². The Labute approximate surface area is 115 Å². The molecule has 5 heteroatoms. The van der Waals surface area contributed by atoms with Gasteiger partial charge in [-0.2, -0.15) is 0 Å². The molecule has 2 rings (SSSR count). The van der Waals surface area contributed by atoms with Crippen molar-refractivity contribution in [3.8, 4) is 0 Å². The fourth-order valence-electron chi connectivity index (χ4n) is 2.04. The van der Waals surface area contributed by atoms with Crippen molar-refractivity contribution < 1.29 is 8.42 Å². The van der Waals surface area contributed by atoms with Crippen molar-refractivity contribution in [2.45, 2.75) is 31.7 Å². The van der Waals surface area contributed by atoms with Crippen LogP contribution < -0.4 is 10.0 Å². The van der Waals surface area contributed by atoms with E-state index in [9.17, 15) is 8.42 Å². The van der Waals surface area contributed by atoms with Gasteiger partial charge in [0.25, 0.3) is 0 Å². The molecule has 1 aliphatic carbocycles. The van der Waals surface area contributed by atoms with Gasteiger partial charge in [0.1, 0.15) is 0 Å². The Bertz CT molecular complexity index is 511. The largest absolute Gasteiger partial charge is 0.313 e. The summed E-state index contributed by atoms with van der Waals surface area (Å²) < 4.78 is 26.8. The molecule has 0 saturated heterocycles. The zero-order valence-corrected chi connectivity index (χ0v) is 12.3. The third kappa shape index (κ3) is 4.03. The Hall–Kier alpha value is -0.910. The third-order valence-corrected chi connectivity index (χ3v) is 5.06. The summed E-state index contributed by atoms with van der Waals surface area (Å²) >= 11 is 0. The van der Waals surface area contributed by atoms with Crippen molar-refractivity contribution in [3.05, 3.63) is 29.8 Å². The van der Waals surface area contributed by atoms with Crippen molar-refractivity contribution in [2.24, 2.45) is 11.8 Å². The summed E-state index contributed by atoms with van der Waals surface area (Å²) in [5.41, 5.74) is 1.09. The molecule has 0 heterocycles. The number of sulfonamides is 1. The fraction of sp³-hybridized carbons (Fsp3) is 0.571. The van der Waals surface area contributed by atoms with Crippen molar-refractivity contribution in [3.63, 3.8) is 0 Å². The van der Waals surface area contributed by atoms with Crippen LogP contribution in [0, 0.1) is 11.8 Å². The summed E-state index contributed by atoms with van der Waals surface area (Å²) in [6.07, 6.45) is 1.13. The lowest BCUT2D eigenvalue weighted by atomic mass is 10.2. The van der Waals surface area contributed by atoms with E-state index >= 15 is 0 Å². The quantitative estimate of drug-likeness (QED) is 0.801. The minimum Gasteiger partial charge on any atom is -0.313 e. The minimum atomic E-state index is -3.35. The molecule has 4 nitrogen and oxygen atoms in total. The monoisotopic (exact) mass is 282 g/mol. The van der Waals surface area contributed by atoms with Crippen molar-refractivity contribution in [2.75, 3.05) is 13.1 Å². The summed E-state index contributed by atoms with van der Waals surface area (Å²) in [5.74, 6) is 1.17. The molecule has 1 aromatic carbocycles. The highest BCUT2D eigenvalue weighted by Gasteiger charge is 2.33. The zero-order valence-electron chi connectivity index (χ0n) is 11.5. The molecule has 0 aliphatic heterocycles. The maximum atomic E-state index is 12.1. The molecule has 0 bridgehead atoms. The van der Waals surface area contributed by atoms with Crippen LogP contribution in [0.3, 0.4) is 0 Å². The first-order valence-corrected chi connectivity index (χ1v) is 8.30. The highest BCUT2D eigenvalue weighted by molar-refractivity contribution is 7.89. The molecule has 2 N–H and O–H groups in total. The van der Waals surface area contributed by atoms with E-state index in [1.165, 1.54) is 0 Å². The van der Waals surface area contributed by atoms with Gasteiger partial charge in [-0.1, -0.05) is 26.0 Å². The second kappa shape index (κ2) is 6.03. The summed E-state index contributed by atoms with van der Waals surface area (Å²) in [6, 6.07) is 7.06. The van der Waals surface area contributed by atoms with Crippen LogP contribution in [0.4, 0.5) is 0 Å². The van der Waals surface area contributed by atoms with Gasteiger partial charge < -0.3 is 5.32 Å². The molecular weight excluding hydrogens is 260 g/mol. The molecule has 0 aromatic heterocycles. The molecule has 1 fully saturated rings. The van der Waals surface area contributed by atoms with Crippen LogP contribution in [-0.2, 0) is 16.6 Å². The van der Waals surface area contributed by atoms with Crippen LogP contribution in [0.25, 0.3) is 0 Å². The fourth-order valence-corrected chi connectivity index (χ4v) is 3.13. The van der Waals surface area contributed by atoms with E-state index in [0.717, 1.165) is 25.1 Å². The molecule has 1 saturated carbocycles. The van der Waals surface area contributed by atoms with Crippen LogP contribution in [0.15, 0.2) is 29.2 Å². The standard InChI is InChI=1S/C14H22N2O2S/c1-3-15-9-12-4-6-14(7-5-12)19(17,18)16-10-13-8-11(13)2/h4-7,11,13,15-16H,3,8-10H2,1-2H3. The molecule has 2 atom stereocenters. The van der Waals surface area contributed by atoms with Gasteiger partial charge in [-0.05, 0) is 42.5 Å². The number of hydrogen-bond donors (Lipinski definition) is 2. The van der Waals surface area contributed by atoms with E-state index in [1.807, 2.05) is 19.1 Å². The Morgan fingerprint density at radius 1 is 1.26 bits per heavy atom. The highest BCUT2D eigenvalue weighted by atomic mass is 32.2. The van der Waals surface area contributed by atoms with Crippen LogP contribution in [0.2, 0.25) is 0 Å². The number of rotatable bonds is 7. The van der Waals surface area contributed by atoms with E-state index < -0.39 is 10.0 Å². The average Bonchev–Trinajstić information content (AvgIpc) is 3.11. The smallest absolute Gasteiger partial charge is 0.240 e. The van der Waals surface area contributed by atoms with Gasteiger partial charge in [-0.15, -0.1) is 0 Å². The Morgan fingerprint density at radius 2 is 1.89 bits per heavy atom. The lowest BCUT2D eigenvalue weighted by Crippen LogP contribution is -2.26. The maximum Gasteiger partial charge on any atom is 0.240 e. The molecule has 0 radical (unpaired) electrons. The topological polar surface area (TPSA) is 58.2 Å². The normalized spacial score (nSPS) is 22.4. The zero-order chi connectivity index (χ0) is 13.9. The Kier molecular flexibility index (Phi) is 4.60. The second-order valence-corrected chi connectivity index (χ2v) is 7.02. The summed E-state index contributed by atoms with van der Waals surface area (Å²) in [7, 11) is -3.35. The molecular formula is C14H22N2O2S. The minimum absolute atomic E-state index is 0.348. The van der Waals surface area contributed by atoms with E-state index in [1.54, 1.807) is 12.1 Å². The van der Waals surface area contributed by atoms with E-state index in [4.69, 9.17) is 0 Å². The van der Waals surface area contributed by atoms with Crippen LogP contribution in [0.1, 0.15) is 25.8 Å². The summed E-state index contributed by atoms with van der Waals surface area (Å²) in [5, 5.41) is 3.21. The number of benzene rings is 1. The molecule has 0 amide bonds. The summed E-state index contributed by atoms with van der Waals surface area (Å²) in [4.78, 5) is 0.348. The van der Waals surface area contributed by atoms with Gasteiger partial charge in [0.2, 0.25) is 10.0 Å². The number of nitrogens with one attached hydrogen (secondary N) is 2. The lowest BCUT2D eigenvalue weighted by Gasteiger charge is -2.07. The highest BCUT2D eigenvalue weighted by Crippen LogP contribution is 2.37. The molecule has 1 aromatic rings. The van der Waals surface area contributed by atoms with E-state index in [0.29, 0.717) is 23.3 Å². The van der Waals surface area contributed by atoms with Crippen LogP contribution >= 0.6 is 0 Å². The first-order valence-electron chi connectivity index (χ1n) is 6.82. The lowest BCUT2D eigenvalue weighted by molar-refractivity contribution is 0.574. The second-order valence-electron chi connectivity index (χ2n) is 5.25. The first kappa shape index (κ1) is 14.5.